The van der Waals surface area contributed by atoms with E-state index in [1.165, 1.54) is 30.4 Å². The van der Waals surface area contributed by atoms with Crippen LogP contribution in [0.5, 0.6) is 0 Å². The van der Waals surface area contributed by atoms with E-state index in [-0.39, 0.29) is 0 Å². The Bertz CT molecular complexity index is 594. The third-order valence-electron chi connectivity index (χ3n) is 3.34. The van der Waals surface area contributed by atoms with E-state index in [9.17, 15) is 4.39 Å². The second kappa shape index (κ2) is 5.73. The summed E-state index contributed by atoms with van der Waals surface area (Å²) in [6.07, 6.45) is 1.69. The first kappa shape index (κ1) is 13.9. The zero-order chi connectivity index (χ0) is 14.1. The molecule has 7 heteroatoms. The molecule has 1 aliphatic carbocycles. The van der Waals surface area contributed by atoms with Crippen molar-refractivity contribution >= 4 is 23.1 Å². The van der Waals surface area contributed by atoms with Crippen LogP contribution in [0.25, 0.3) is 0 Å². The van der Waals surface area contributed by atoms with Gasteiger partial charge >= 0.3 is 0 Å². The molecule has 0 saturated heterocycles. The molecule has 3 rings (SSSR count). The highest BCUT2D eigenvalue weighted by molar-refractivity contribution is 7.05. The van der Waals surface area contributed by atoms with Crippen LogP contribution in [-0.4, -0.2) is 9.59 Å². The van der Waals surface area contributed by atoms with Gasteiger partial charge in [0, 0.05) is 23.0 Å². The molecule has 20 heavy (non-hydrogen) atoms. The van der Waals surface area contributed by atoms with E-state index in [1.807, 2.05) is 0 Å². The van der Waals surface area contributed by atoms with Crippen molar-refractivity contribution in [2.45, 2.75) is 31.5 Å². The SMILES string of the molecule is N[C@H](NCc1snnc1C1CC1)c1c(F)cccc1Cl. The molecule has 1 aromatic heterocycles. The van der Waals surface area contributed by atoms with E-state index in [2.05, 4.69) is 14.9 Å². The van der Waals surface area contributed by atoms with Crippen LogP contribution in [-0.2, 0) is 6.54 Å². The fraction of sp³-hybridized carbons (Fsp3) is 0.385. The van der Waals surface area contributed by atoms with Crippen LogP contribution >= 0.6 is 23.1 Å². The van der Waals surface area contributed by atoms with Gasteiger partial charge in [0.25, 0.3) is 0 Å². The maximum atomic E-state index is 13.8. The van der Waals surface area contributed by atoms with Crippen LogP contribution < -0.4 is 11.1 Å². The van der Waals surface area contributed by atoms with Gasteiger partial charge in [0.2, 0.25) is 0 Å². The number of benzene rings is 1. The summed E-state index contributed by atoms with van der Waals surface area (Å²) in [6.45, 7) is 0.523. The van der Waals surface area contributed by atoms with Gasteiger partial charge in [0.1, 0.15) is 5.82 Å². The van der Waals surface area contributed by atoms with Gasteiger partial charge in [0.15, 0.2) is 0 Å². The van der Waals surface area contributed by atoms with Gasteiger partial charge in [-0.1, -0.05) is 22.2 Å². The number of aromatic nitrogens is 2. The monoisotopic (exact) mass is 312 g/mol. The molecule has 1 atom stereocenters. The largest absolute Gasteiger partial charge is 0.312 e. The molecular formula is C13H14ClFN4S. The molecule has 2 aromatic rings. The third-order valence-corrected chi connectivity index (χ3v) is 4.41. The van der Waals surface area contributed by atoms with Crippen LogP contribution in [0.1, 0.15) is 41.1 Å². The summed E-state index contributed by atoms with van der Waals surface area (Å²) >= 11 is 7.35. The number of nitrogens with one attached hydrogen (secondary N) is 1. The Kier molecular flexibility index (Phi) is 3.98. The van der Waals surface area contributed by atoms with Gasteiger partial charge in [-0.25, -0.2) is 4.39 Å². The highest BCUT2D eigenvalue weighted by atomic mass is 35.5. The average Bonchev–Trinajstić information content (AvgIpc) is 3.15. The Balaban J connectivity index is 1.70. The summed E-state index contributed by atoms with van der Waals surface area (Å²) < 4.78 is 17.7. The molecule has 0 spiro atoms. The minimum atomic E-state index is -0.655. The topological polar surface area (TPSA) is 63.8 Å². The molecule has 1 heterocycles. The molecule has 3 N–H and O–H groups in total. The van der Waals surface area contributed by atoms with E-state index in [1.54, 1.807) is 12.1 Å². The summed E-state index contributed by atoms with van der Waals surface area (Å²) in [5, 5.41) is 7.57. The summed E-state index contributed by atoms with van der Waals surface area (Å²) in [5.74, 6) is 0.140. The van der Waals surface area contributed by atoms with Crippen LogP contribution in [0.3, 0.4) is 0 Å². The lowest BCUT2D eigenvalue weighted by Gasteiger charge is -2.16. The van der Waals surface area contributed by atoms with Crippen LogP contribution in [0.2, 0.25) is 5.02 Å². The number of rotatable bonds is 5. The van der Waals surface area contributed by atoms with Crippen molar-refractivity contribution in [1.29, 1.82) is 0 Å². The van der Waals surface area contributed by atoms with Gasteiger partial charge < -0.3 is 5.73 Å². The summed E-state index contributed by atoms with van der Waals surface area (Å²) in [7, 11) is 0. The van der Waals surface area contributed by atoms with Crippen molar-refractivity contribution in [2.75, 3.05) is 0 Å². The fourth-order valence-electron chi connectivity index (χ4n) is 2.12. The zero-order valence-corrected chi connectivity index (χ0v) is 12.2. The molecule has 0 bridgehead atoms. The maximum Gasteiger partial charge on any atom is 0.130 e. The predicted molar refractivity (Wildman–Crippen MR) is 77.1 cm³/mol. The molecule has 1 fully saturated rings. The van der Waals surface area contributed by atoms with Crippen LogP contribution in [0.15, 0.2) is 18.2 Å². The van der Waals surface area contributed by atoms with E-state index in [0.717, 1.165) is 10.6 Å². The van der Waals surface area contributed by atoms with E-state index in [4.69, 9.17) is 17.3 Å². The summed E-state index contributed by atoms with van der Waals surface area (Å²) in [5.41, 5.74) is 7.32. The van der Waals surface area contributed by atoms with Crippen molar-refractivity contribution in [1.82, 2.24) is 14.9 Å². The smallest absolute Gasteiger partial charge is 0.130 e. The predicted octanol–water partition coefficient (Wildman–Crippen LogP) is 2.96. The standard InChI is InChI=1S/C13H14ClFN4S/c14-8-2-1-3-9(15)11(8)13(16)17-6-10-12(7-4-5-7)18-19-20-10/h1-3,7,13,17H,4-6,16H2/t13-/m1/s1. The van der Waals surface area contributed by atoms with E-state index < -0.39 is 12.0 Å². The Labute approximate surface area is 125 Å². The Morgan fingerprint density at radius 1 is 1.50 bits per heavy atom. The zero-order valence-electron chi connectivity index (χ0n) is 10.6. The lowest BCUT2D eigenvalue weighted by molar-refractivity contribution is 0.513. The molecule has 0 aliphatic heterocycles. The molecule has 0 unspecified atom stereocenters. The molecule has 1 aromatic carbocycles. The number of nitrogens with zero attached hydrogens (tertiary/aromatic N) is 2. The van der Waals surface area contributed by atoms with Crippen molar-refractivity contribution in [3.63, 3.8) is 0 Å². The van der Waals surface area contributed by atoms with Gasteiger partial charge in [-0.2, -0.15) is 0 Å². The fourth-order valence-corrected chi connectivity index (χ4v) is 3.07. The Hall–Kier alpha value is -1.08. The molecule has 1 aliphatic rings. The second-order valence-electron chi connectivity index (χ2n) is 4.85. The lowest BCUT2D eigenvalue weighted by atomic mass is 10.1. The van der Waals surface area contributed by atoms with Crippen molar-refractivity contribution in [3.8, 4) is 0 Å². The van der Waals surface area contributed by atoms with Crippen molar-refractivity contribution in [3.05, 3.63) is 45.2 Å². The molecule has 4 nitrogen and oxygen atoms in total. The van der Waals surface area contributed by atoms with Gasteiger partial charge in [-0.15, -0.1) is 5.10 Å². The van der Waals surface area contributed by atoms with Gasteiger partial charge in [0.05, 0.1) is 16.7 Å². The number of nitrogens with two attached hydrogens (primary N) is 1. The first-order valence-electron chi connectivity index (χ1n) is 6.41. The van der Waals surface area contributed by atoms with Crippen molar-refractivity contribution in [2.24, 2.45) is 5.73 Å². The Morgan fingerprint density at radius 2 is 2.30 bits per heavy atom. The van der Waals surface area contributed by atoms with Crippen molar-refractivity contribution < 1.29 is 4.39 Å². The Morgan fingerprint density at radius 3 is 3.00 bits per heavy atom. The van der Waals surface area contributed by atoms with E-state index >= 15 is 0 Å². The molecule has 0 amide bonds. The first-order valence-corrected chi connectivity index (χ1v) is 7.56. The highest BCUT2D eigenvalue weighted by Gasteiger charge is 2.29. The van der Waals surface area contributed by atoms with Crippen LogP contribution in [0.4, 0.5) is 4.39 Å². The van der Waals surface area contributed by atoms with Crippen LogP contribution in [0, 0.1) is 5.82 Å². The van der Waals surface area contributed by atoms with E-state index in [0.29, 0.717) is 23.0 Å². The number of halogens is 2. The molecule has 1 saturated carbocycles. The molecule has 0 radical (unpaired) electrons. The van der Waals surface area contributed by atoms with Gasteiger partial charge in [-0.3, -0.25) is 5.32 Å². The second-order valence-corrected chi connectivity index (χ2v) is 6.10. The first-order chi connectivity index (χ1) is 9.66. The lowest BCUT2D eigenvalue weighted by Crippen LogP contribution is -2.29. The average molecular weight is 313 g/mol. The van der Waals surface area contributed by atoms with Gasteiger partial charge in [-0.05, 0) is 36.5 Å². The summed E-state index contributed by atoms with van der Waals surface area (Å²) in [4.78, 5) is 1.07. The number of hydrogen-bond acceptors (Lipinski definition) is 5. The maximum absolute atomic E-state index is 13.8. The minimum absolute atomic E-state index is 0.291. The molecular weight excluding hydrogens is 299 g/mol. The number of hydrogen-bond donors (Lipinski definition) is 2. The highest BCUT2D eigenvalue weighted by Crippen LogP contribution is 2.41. The third kappa shape index (κ3) is 2.83. The quantitative estimate of drug-likeness (QED) is 0.833. The summed E-state index contributed by atoms with van der Waals surface area (Å²) in [6, 6.07) is 4.55. The normalized spacial score (nSPS) is 16.4. The molecule has 106 valence electrons. The minimum Gasteiger partial charge on any atom is -0.312 e.